The molecule has 0 aliphatic heterocycles. The molecule has 2 aromatic carbocycles. The summed E-state index contributed by atoms with van der Waals surface area (Å²) >= 11 is 5.97. The summed E-state index contributed by atoms with van der Waals surface area (Å²) in [4.78, 5) is 8.81. The molecule has 1 heterocycles. The number of hydrogen-bond acceptors (Lipinski definition) is 6. The van der Waals surface area contributed by atoms with Crippen molar-refractivity contribution in [2.45, 2.75) is 18.7 Å². The van der Waals surface area contributed by atoms with E-state index in [2.05, 4.69) is 25.3 Å². The minimum atomic E-state index is -3.68. The molecule has 0 fully saturated rings. The van der Waals surface area contributed by atoms with Crippen molar-refractivity contribution in [1.29, 1.82) is 0 Å². The second-order valence-electron chi connectivity index (χ2n) is 6.46. The second-order valence-corrected chi connectivity index (χ2v) is 8.61. The van der Waals surface area contributed by atoms with Crippen molar-refractivity contribution in [2.24, 2.45) is 0 Å². The number of sulfonamides is 1. The first-order valence-electron chi connectivity index (χ1n) is 9.01. The first-order chi connectivity index (χ1) is 13.8. The minimum Gasteiger partial charge on any atom is -0.353 e. The highest BCUT2D eigenvalue weighted by atomic mass is 35.5. The number of rotatable bonds is 8. The Morgan fingerprint density at radius 3 is 2.41 bits per heavy atom. The molecular weight excluding hydrogens is 410 g/mol. The van der Waals surface area contributed by atoms with Gasteiger partial charge in [0.25, 0.3) is 0 Å². The Morgan fingerprint density at radius 1 is 0.966 bits per heavy atom. The molecule has 0 saturated carbocycles. The Labute approximate surface area is 175 Å². The van der Waals surface area contributed by atoms with Crippen LogP contribution in [0.2, 0.25) is 5.02 Å². The van der Waals surface area contributed by atoms with Crippen LogP contribution in [-0.2, 0) is 10.0 Å². The fraction of sp³-hybridized carbons (Fsp3) is 0.200. The highest BCUT2D eigenvalue weighted by Crippen LogP contribution is 2.20. The molecule has 29 heavy (non-hydrogen) atoms. The van der Waals surface area contributed by atoms with E-state index in [1.165, 1.54) is 17.7 Å². The topological polar surface area (TPSA) is 96.0 Å². The number of hydrogen-bond donors (Lipinski definition) is 3. The Morgan fingerprint density at radius 2 is 1.69 bits per heavy atom. The standard InChI is InChI=1S/C20H22ClN5O2S/c1-14-7-9-16(10-8-14)25-19-13-15(2)24-20(26-19)22-11-12-23-29(27,28)18-6-4-3-5-17(18)21/h3-10,13,23H,11-12H2,1-2H3,(H2,22,24,25,26). The van der Waals surface area contributed by atoms with Crippen LogP contribution < -0.4 is 15.4 Å². The van der Waals surface area contributed by atoms with Gasteiger partial charge in [-0.15, -0.1) is 0 Å². The molecular formula is C20H22ClN5O2S. The van der Waals surface area contributed by atoms with Crippen LogP contribution in [0, 0.1) is 13.8 Å². The zero-order chi connectivity index (χ0) is 20.9. The lowest BCUT2D eigenvalue weighted by Gasteiger charge is -2.11. The van der Waals surface area contributed by atoms with E-state index in [9.17, 15) is 8.42 Å². The summed E-state index contributed by atoms with van der Waals surface area (Å²) in [6, 6.07) is 16.1. The summed E-state index contributed by atoms with van der Waals surface area (Å²) in [5.41, 5.74) is 2.89. The third-order valence-corrected chi connectivity index (χ3v) is 5.97. The summed E-state index contributed by atoms with van der Waals surface area (Å²) in [7, 11) is -3.68. The summed E-state index contributed by atoms with van der Waals surface area (Å²) in [5, 5.41) is 6.46. The molecule has 3 rings (SSSR count). The highest BCUT2D eigenvalue weighted by molar-refractivity contribution is 7.89. The van der Waals surface area contributed by atoms with E-state index in [1.807, 2.05) is 44.2 Å². The van der Waals surface area contributed by atoms with Gasteiger partial charge < -0.3 is 10.6 Å². The molecule has 152 valence electrons. The van der Waals surface area contributed by atoms with Crippen molar-refractivity contribution in [2.75, 3.05) is 23.7 Å². The van der Waals surface area contributed by atoms with E-state index >= 15 is 0 Å². The molecule has 9 heteroatoms. The average molecular weight is 432 g/mol. The van der Waals surface area contributed by atoms with E-state index in [-0.39, 0.29) is 16.5 Å². The summed E-state index contributed by atoms with van der Waals surface area (Å²) in [6.45, 7) is 4.37. The SMILES string of the molecule is Cc1ccc(Nc2cc(C)nc(NCCNS(=O)(=O)c3ccccc3Cl)n2)cc1. The van der Waals surface area contributed by atoms with Gasteiger partial charge in [0, 0.05) is 30.5 Å². The number of nitrogens with zero attached hydrogens (tertiary/aromatic N) is 2. The van der Waals surface area contributed by atoms with Crippen LogP contribution in [0.3, 0.4) is 0 Å². The molecule has 0 aliphatic rings. The fourth-order valence-electron chi connectivity index (χ4n) is 2.60. The number of halogens is 1. The van der Waals surface area contributed by atoms with Crippen LogP contribution >= 0.6 is 11.6 Å². The van der Waals surface area contributed by atoms with E-state index in [0.717, 1.165) is 11.4 Å². The number of benzene rings is 2. The van der Waals surface area contributed by atoms with Crippen molar-refractivity contribution in [3.63, 3.8) is 0 Å². The first kappa shape index (κ1) is 21.0. The molecule has 0 saturated heterocycles. The minimum absolute atomic E-state index is 0.0538. The summed E-state index contributed by atoms with van der Waals surface area (Å²) < 4.78 is 27.2. The Bertz CT molecular complexity index is 1090. The van der Waals surface area contributed by atoms with Crippen LogP contribution in [-0.4, -0.2) is 31.5 Å². The smallest absolute Gasteiger partial charge is 0.242 e. The molecule has 1 aromatic heterocycles. The van der Waals surface area contributed by atoms with Gasteiger partial charge in [0.2, 0.25) is 16.0 Å². The Kier molecular flexibility index (Phi) is 6.68. The van der Waals surface area contributed by atoms with E-state index in [1.54, 1.807) is 12.1 Å². The van der Waals surface area contributed by atoms with Crippen molar-refractivity contribution in [1.82, 2.24) is 14.7 Å². The molecule has 0 aliphatic carbocycles. The molecule has 0 unspecified atom stereocenters. The molecule has 0 radical (unpaired) electrons. The summed E-state index contributed by atoms with van der Waals surface area (Å²) in [5.74, 6) is 1.07. The monoisotopic (exact) mass is 431 g/mol. The van der Waals surface area contributed by atoms with Gasteiger partial charge in [0.1, 0.15) is 10.7 Å². The van der Waals surface area contributed by atoms with Crippen molar-refractivity contribution in [3.05, 3.63) is 70.9 Å². The number of aryl methyl sites for hydroxylation is 2. The molecule has 3 aromatic rings. The molecule has 7 nitrogen and oxygen atoms in total. The van der Waals surface area contributed by atoms with Gasteiger partial charge in [-0.3, -0.25) is 0 Å². The summed E-state index contributed by atoms with van der Waals surface area (Å²) in [6.07, 6.45) is 0. The van der Waals surface area contributed by atoms with Gasteiger partial charge in [0.05, 0.1) is 5.02 Å². The molecule has 0 atom stereocenters. The fourth-order valence-corrected chi connectivity index (χ4v) is 4.15. The van der Waals surface area contributed by atoms with Crippen LogP contribution in [0.1, 0.15) is 11.3 Å². The number of aromatic nitrogens is 2. The van der Waals surface area contributed by atoms with Crippen molar-refractivity contribution >= 4 is 39.1 Å². The van der Waals surface area contributed by atoms with Crippen molar-refractivity contribution in [3.8, 4) is 0 Å². The normalized spacial score (nSPS) is 11.3. The lowest BCUT2D eigenvalue weighted by Crippen LogP contribution is -2.29. The maximum atomic E-state index is 12.3. The molecule has 0 amide bonds. The van der Waals surface area contributed by atoms with Gasteiger partial charge in [-0.2, -0.15) is 4.98 Å². The van der Waals surface area contributed by atoms with E-state index in [4.69, 9.17) is 11.6 Å². The van der Waals surface area contributed by atoms with E-state index < -0.39 is 10.0 Å². The van der Waals surface area contributed by atoms with Gasteiger partial charge in [-0.25, -0.2) is 18.1 Å². The van der Waals surface area contributed by atoms with Gasteiger partial charge in [-0.1, -0.05) is 41.4 Å². The Balaban J connectivity index is 1.59. The maximum absolute atomic E-state index is 12.3. The third-order valence-electron chi connectivity index (χ3n) is 4.00. The number of nitrogens with one attached hydrogen (secondary N) is 3. The molecule has 0 spiro atoms. The first-order valence-corrected chi connectivity index (χ1v) is 10.9. The largest absolute Gasteiger partial charge is 0.353 e. The highest BCUT2D eigenvalue weighted by Gasteiger charge is 2.16. The second kappa shape index (κ2) is 9.21. The van der Waals surface area contributed by atoms with Gasteiger partial charge in [0.15, 0.2) is 0 Å². The third kappa shape index (κ3) is 5.90. The zero-order valence-corrected chi connectivity index (χ0v) is 17.7. The predicted octanol–water partition coefficient (Wildman–Crippen LogP) is 3.88. The Hall–Kier alpha value is -2.68. The van der Waals surface area contributed by atoms with Crippen LogP contribution in [0.25, 0.3) is 0 Å². The van der Waals surface area contributed by atoms with Crippen molar-refractivity contribution < 1.29 is 8.42 Å². The predicted molar refractivity (Wildman–Crippen MR) is 116 cm³/mol. The lowest BCUT2D eigenvalue weighted by atomic mass is 10.2. The quantitative estimate of drug-likeness (QED) is 0.468. The van der Waals surface area contributed by atoms with Gasteiger partial charge >= 0.3 is 0 Å². The molecule has 3 N–H and O–H groups in total. The lowest BCUT2D eigenvalue weighted by molar-refractivity contribution is 0.583. The van der Waals surface area contributed by atoms with Crippen LogP contribution in [0.15, 0.2) is 59.5 Å². The zero-order valence-electron chi connectivity index (χ0n) is 16.1. The van der Waals surface area contributed by atoms with E-state index in [0.29, 0.717) is 18.3 Å². The number of anilines is 3. The van der Waals surface area contributed by atoms with Crippen LogP contribution in [0.5, 0.6) is 0 Å². The maximum Gasteiger partial charge on any atom is 0.242 e. The van der Waals surface area contributed by atoms with Crippen LogP contribution in [0.4, 0.5) is 17.5 Å². The molecule has 0 bridgehead atoms. The average Bonchev–Trinajstić information content (AvgIpc) is 2.67. The van der Waals surface area contributed by atoms with Gasteiger partial charge in [-0.05, 0) is 38.1 Å².